The number of nitrogens with one attached hydrogen (secondary N) is 2. The molecule has 3 rings (SSSR count). The predicted octanol–water partition coefficient (Wildman–Crippen LogP) is 5.62. The van der Waals surface area contributed by atoms with E-state index < -0.39 is 12.2 Å². The van der Waals surface area contributed by atoms with Crippen LogP contribution < -0.4 is 10.6 Å². The molecule has 27 heavy (non-hydrogen) atoms. The number of thiophene rings is 2. The second-order valence-electron chi connectivity index (χ2n) is 5.59. The molecule has 6 nitrogen and oxygen atoms in total. The monoisotopic (exact) mass is 402 g/mol. The van der Waals surface area contributed by atoms with Gasteiger partial charge in [0.2, 0.25) is 0 Å². The van der Waals surface area contributed by atoms with Crippen LogP contribution in [0.4, 0.5) is 21.0 Å². The maximum Gasteiger partial charge on any atom is 0.411 e. The fourth-order valence-corrected chi connectivity index (χ4v) is 3.43. The summed E-state index contributed by atoms with van der Waals surface area (Å²) in [7, 11) is 0. The summed E-state index contributed by atoms with van der Waals surface area (Å²) in [5.74, 6) is 0. The van der Waals surface area contributed by atoms with E-state index in [9.17, 15) is 9.59 Å². The van der Waals surface area contributed by atoms with E-state index in [2.05, 4.69) is 10.6 Å². The van der Waals surface area contributed by atoms with Gasteiger partial charge in [-0.05, 0) is 47.5 Å². The highest BCUT2D eigenvalue weighted by atomic mass is 32.1. The van der Waals surface area contributed by atoms with Gasteiger partial charge in [-0.25, -0.2) is 9.59 Å². The summed E-state index contributed by atoms with van der Waals surface area (Å²) >= 11 is 3.04. The van der Waals surface area contributed by atoms with Crippen LogP contribution in [0.3, 0.4) is 0 Å². The van der Waals surface area contributed by atoms with Gasteiger partial charge in [-0.1, -0.05) is 18.2 Å². The second kappa shape index (κ2) is 9.20. The summed E-state index contributed by atoms with van der Waals surface area (Å²) in [6.07, 6.45) is -1.11. The van der Waals surface area contributed by atoms with Crippen molar-refractivity contribution in [3.63, 3.8) is 0 Å². The summed E-state index contributed by atoms with van der Waals surface area (Å²) in [5.41, 5.74) is 1.92. The first-order valence-corrected chi connectivity index (χ1v) is 9.89. The molecule has 0 spiro atoms. The molecule has 0 aliphatic rings. The highest BCUT2D eigenvalue weighted by Crippen LogP contribution is 2.21. The van der Waals surface area contributed by atoms with E-state index in [1.54, 1.807) is 18.2 Å². The number of rotatable bonds is 6. The van der Waals surface area contributed by atoms with Gasteiger partial charge in [0.15, 0.2) is 0 Å². The van der Waals surface area contributed by atoms with Gasteiger partial charge in [0.1, 0.15) is 13.2 Å². The van der Waals surface area contributed by atoms with E-state index in [0.29, 0.717) is 11.4 Å². The average molecular weight is 402 g/mol. The van der Waals surface area contributed by atoms with Gasteiger partial charge in [0, 0.05) is 21.1 Å². The van der Waals surface area contributed by atoms with Crippen molar-refractivity contribution in [1.82, 2.24) is 0 Å². The van der Waals surface area contributed by atoms with Gasteiger partial charge >= 0.3 is 12.2 Å². The topological polar surface area (TPSA) is 76.7 Å². The first kappa shape index (κ1) is 18.9. The van der Waals surface area contributed by atoms with Crippen molar-refractivity contribution >= 4 is 46.2 Å². The number of hydrogen-bond donors (Lipinski definition) is 2. The minimum atomic E-state index is -0.557. The molecule has 0 saturated heterocycles. The third-order valence-corrected chi connectivity index (χ3v) is 5.27. The van der Waals surface area contributed by atoms with Crippen LogP contribution >= 0.6 is 22.7 Å². The molecular formula is C19H18N2O4S2. The lowest BCUT2D eigenvalue weighted by atomic mass is 10.2. The molecule has 140 valence electrons. The highest BCUT2D eigenvalue weighted by Gasteiger charge is 2.10. The number of anilines is 2. The zero-order valence-corrected chi connectivity index (χ0v) is 16.2. The molecule has 8 heteroatoms. The van der Waals surface area contributed by atoms with Gasteiger partial charge in [-0.2, -0.15) is 0 Å². The molecule has 0 bridgehead atoms. The standard InChI is InChI=1S/C19H18N2O4S2/c1-13-6-7-14(20-18(22)24-11-15-4-2-8-26-15)10-17(13)21-19(23)25-12-16-5-3-9-27-16/h2-10H,11-12H2,1H3,(H,20,22)(H,21,23). The van der Waals surface area contributed by atoms with Crippen molar-refractivity contribution < 1.29 is 19.1 Å². The average Bonchev–Trinajstić information content (AvgIpc) is 3.35. The van der Waals surface area contributed by atoms with E-state index in [4.69, 9.17) is 9.47 Å². The first-order chi connectivity index (χ1) is 13.1. The Morgan fingerprint density at radius 2 is 1.48 bits per heavy atom. The van der Waals surface area contributed by atoms with Crippen LogP contribution in [-0.2, 0) is 22.7 Å². The Kier molecular flexibility index (Phi) is 6.45. The number of benzene rings is 1. The SMILES string of the molecule is Cc1ccc(NC(=O)OCc2cccs2)cc1NC(=O)OCc1cccs1. The van der Waals surface area contributed by atoms with Crippen LogP contribution in [-0.4, -0.2) is 12.2 Å². The lowest BCUT2D eigenvalue weighted by Gasteiger charge is -2.12. The number of amides is 2. The summed E-state index contributed by atoms with van der Waals surface area (Å²) < 4.78 is 10.4. The molecular weight excluding hydrogens is 384 g/mol. The molecule has 2 heterocycles. The molecule has 0 atom stereocenters. The van der Waals surface area contributed by atoms with Crippen molar-refractivity contribution in [3.05, 3.63) is 68.5 Å². The molecule has 0 radical (unpaired) electrons. The Bertz CT molecular complexity index is 893. The van der Waals surface area contributed by atoms with Crippen LogP contribution in [0.5, 0.6) is 0 Å². The molecule has 0 aliphatic carbocycles. The van der Waals surface area contributed by atoms with Gasteiger partial charge in [-0.3, -0.25) is 10.6 Å². The number of ether oxygens (including phenoxy) is 2. The van der Waals surface area contributed by atoms with E-state index in [0.717, 1.165) is 15.3 Å². The number of carbonyl (C=O) groups excluding carboxylic acids is 2. The van der Waals surface area contributed by atoms with Crippen LogP contribution in [0.15, 0.2) is 53.2 Å². The highest BCUT2D eigenvalue weighted by molar-refractivity contribution is 7.10. The summed E-state index contributed by atoms with van der Waals surface area (Å²) in [6, 6.07) is 12.8. The van der Waals surface area contributed by atoms with Crippen LogP contribution in [0, 0.1) is 6.92 Å². The van der Waals surface area contributed by atoms with Crippen molar-refractivity contribution in [1.29, 1.82) is 0 Å². The number of aryl methyl sites for hydroxylation is 1. The van der Waals surface area contributed by atoms with Crippen molar-refractivity contribution in [2.75, 3.05) is 10.6 Å². The Morgan fingerprint density at radius 3 is 2.04 bits per heavy atom. The van der Waals surface area contributed by atoms with E-state index >= 15 is 0 Å². The van der Waals surface area contributed by atoms with Gasteiger partial charge in [0.25, 0.3) is 0 Å². The minimum Gasteiger partial charge on any atom is -0.444 e. The van der Waals surface area contributed by atoms with Crippen molar-refractivity contribution in [2.45, 2.75) is 20.1 Å². The van der Waals surface area contributed by atoms with Gasteiger partial charge in [0.05, 0.1) is 0 Å². The molecule has 2 amide bonds. The summed E-state index contributed by atoms with van der Waals surface area (Å²) in [4.78, 5) is 25.8. The largest absolute Gasteiger partial charge is 0.444 e. The van der Waals surface area contributed by atoms with E-state index in [1.807, 2.05) is 41.9 Å². The minimum absolute atomic E-state index is 0.218. The first-order valence-electron chi connectivity index (χ1n) is 8.13. The van der Waals surface area contributed by atoms with Crippen LogP contribution in [0.1, 0.15) is 15.3 Å². The molecule has 0 fully saturated rings. The Labute approximate surface area is 164 Å². The zero-order valence-electron chi connectivity index (χ0n) is 14.6. The zero-order chi connectivity index (χ0) is 19.1. The van der Waals surface area contributed by atoms with Gasteiger partial charge < -0.3 is 9.47 Å². The number of hydrogen-bond acceptors (Lipinski definition) is 6. The smallest absolute Gasteiger partial charge is 0.411 e. The second-order valence-corrected chi connectivity index (χ2v) is 7.66. The third-order valence-electron chi connectivity index (χ3n) is 3.57. The Hall–Kier alpha value is -2.84. The molecule has 2 N–H and O–H groups in total. The quantitative estimate of drug-likeness (QED) is 0.561. The Balaban J connectivity index is 1.53. The maximum absolute atomic E-state index is 12.0. The summed E-state index contributed by atoms with van der Waals surface area (Å²) in [5, 5.41) is 9.19. The predicted molar refractivity (Wildman–Crippen MR) is 107 cm³/mol. The molecule has 1 aromatic carbocycles. The van der Waals surface area contributed by atoms with E-state index in [-0.39, 0.29) is 13.2 Å². The van der Waals surface area contributed by atoms with Crippen LogP contribution in [0.25, 0.3) is 0 Å². The number of carbonyl (C=O) groups is 2. The maximum atomic E-state index is 12.0. The molecule has 0 unspecified atom stereocenters. The molecule has 2 aromatic heterocycles. The van der Waals surface area contributed by atoms with Gasteiger partial charge in [-0.15, -0.1) is 22.7 Å². The van der Waals surface area contributed by atoms with Crippen LogP contribution in [0.2, 0.25) is 0 Å². The molecule has 0 aliphatic heterocycles. The lowest BCUT2D eigenvalue weighted by Crippen LogP contribution is -2.16. The van der Waals surface area contributed by atoms with Crippen molar-refractivity contribution in [2.24, 2.45) is 0 Å². The molecule has 3 aromatic rings. The normalized spacial score (nSPS) is 10.3. The van der Waals surface area contributed by atoms with Crippen molar-refractivity contribution in [3.8, 4) is 0 Å². The third kappa shape index (κ3) is 5.83. The fraction of sp³-hybridized carbons (Fsp3) is 0.158. The molecule has 0 saturated carbocycles. The van der Waals surface area contributed by atoms with E-state index in [1.165, 1.54) is 22.7 Å². The Morgan fingerprint density at radius 1 is 0.889 bits per heavy atom. The fourth-order valence-electron chi connectivity index (χ4n) is 2.20. The lowest BCUT2D eigenvalue weighted by molar-refractivity contribution is 0.155. The summed E-state index contributed by atoms with van der Waals surface area (Å²) in [6.45, 7) is 2.29.